The van der Waals surface area contributed by atoms with Crippen LogP contribution in [0.1, 0.15) is 56.1 Å². The molecule has 1 atom stereocenters. The van der Waals surface area contributed by atoms with Gasteiger partial charge < -0.3 is 24.7 Å². The molecule has 0 spiro atoms. The molecule has 0 radical (unpaired) electrons. The van der Waals surface area contributed by atoms with Gasteiger partial charge in [-0.1, -0.05) is 42.0 Å². The van der Waals surface area contributed by atoms with Crippen LogP contribution in [-0.4, -0.2) is 48.3 Å². The fraction of sp³-hybridized carbons (Fsp3) is 0.414. The second-order valence-electron chi connectivity index (χ2n) is 9.39. The summed E-state index contributed by atoms with van der Waals surface area (Å²) in [7, 11) is 2.93. The van der Waals surface area contributed by atoms with Gasteiger partial charge in [-0.05, 0) is 51.7 Å². The summed E-state index contributed by atoms with van der Waals surface area (Å²) < 4.78 is 12.1. The van der Waals surface area contributed by atoms with Gasteiger partial charge in [0.1, 0.15) is 5.65 Å². The number of nitrogens with one attached hydrogen (secondary N) is 2. The average molecular weight is 507 g/mol. The Balaban J connectivity index is 1.94. The minimum absolute atomic E-state index is 0.187. The first-order valence-electron chi connectivity index (χ1n) is 12.7. The standard InChI is InChI=1S/C29H38N4O4/c1-20(2)10-9-11-21(3)31-23-18-24-26(32-25(34)15-14-22-12-7-6-8-13-22)27(29(35)37-5)33(16-17-36-4)28(24)30-19-23/h6-8,10,12-13,18-19,21,31H,9,11,14-17H2,1-5H3,(H,32,34). The third kappa shape index (κ3) is 7.67. The van der Waals surface area contributed by atoms with Crippen LogP contribution in [0, 0.1) is 0 Å². The number of aryl methyl sites for hydroxylation is 1. The van der Waals surface area contributed by atoms with Crippen molar-refractivity contribution in [2.45, 2.75) is 59.0 Å². The Hall–Kier alpha value is -3.65. The van der Waals surface area contributed by atoms with E-state index in [1.54, 1.807) is 17.9 Å². The van der Waals surface area contributed by atoms with Crippen molar-refractivity contribution in [3.63, 3.8) is 0 Å². The van der Waals surface area contributed by atoms with Gasteiger partial charge in [0.2, 0.25) is 5.91 Å². The summed E-state index contributed by atoms with van der Waals surface area (Å²) in [5.41, 5.74) is 4.43. The molecule has 3 aromatic rings. The van der Waals surface area contributed by atoms with Crippen LogP contribution >= 0.6 is 0 Å². The molecule has 1 amide bonds. The lowest BCUT2D eigenvalue weighted by Crippen LogP contribution is -2.18. The van der Waals surface area contributed by atoms with Gasteiger partial charge in [-0.15, -0.1) is 0 Å². The summed E-state index contributed by atoms with van der Waals surface area (Å²) in [4.78, 5) is 30.6. The second-order valence-corrected chi connectivity index (χ2v) is 9.39. The van der Waals surface area contributed by atoms with Gasteiger partial charge in [0, 0.05) is 31.5 Å². The number of hydrogen-bond acceptors (Lipinski definition) is 6. The molecule has 0 saturated heterocycles. The van der Waals surface area contributed by atoms with Crippen LogP contribution in [0.25, 0.3) is 11.0 Å². The van der Waals surface area contributed by atoms with E-state index in [2.05, 4.69) is 42.5 Å². The zero-order valence-corrected chi connectivity index (χ0v) is 22.5. The summed E-state index contributed by atoms with van der Waals surface area (Å²) in [6.07, 6.45) is 6.80. The van der Waals surface area contributed by atoms with Crippen LogP contribution in [-0.2, 0) is 27.2 Å². The molecule has 0 aliphatic heterocycles. The molecule has 0 fully saturated rings. The van der Waals surface area contributed by atoms with Crippen molar-refractivity contribution in [3.05, 3.63) is 65.5 Å². The predicted molar refractivity (Wildman–Crippen MR) is 148 cm³/mol. The smallest absolute Gasteiger partial charge is 0.356 e. The van der Waals surface area contributed by atoms with E-state index in [4.69, 9.17) is 9.47 Å². The number of methoxy groups -OCH3 is 2. The number of anilines is 2. The highest BCUT2D eigenvalue weighted by atomic mass is 16.5. The Kier molecular flexibility index (Phi) is 10.3. The molecule has 198 valence electrons. The number of carbonyl (C=O) groups excluding carboxylic acids is 2. The van der Waals surface area contributed by atoms with Gasteiger partial charge in [-0.2, -0.15) is 0 Å². The summed E-state index contributed by atoms with van der Waals surface area (Å²) in [6, 6.07) is 12.0. The first kappa shape index (κ1) is 27.9. The van der Waals surface area contributed by atoms with Crippen molar-refractivity contribution in [1.29, 1.82) is 0 Å². The van der Waals surface area contributed by atoms with Crippen LogP contribution in [0.2, 0.25) is 0 Å². The first-order valence-corrected chi connectivity index (χ1v) is 12.7. The molecule has 8 heteroatoms. The molecular weight excluding hydrogens is 468 g/mol. The third-order valence-electron chi connectivity index (χ3n) is 6.11. The van der Waals surface area contributed by atoms with Crippen LogP contribution in [0.4, 0.5) is 11.4 Å². The van der Waals surface area contributed by atoms with Crippen molar-refractivity contribution in [2.24, 2.45) is 0 Å². The Morgan fingerprint density at radius 1 is 1.16 bits per heavy atom. The van der Waals surface area contributed by atoms with Gasteiger partial charge in [0.05, 0.1) is 31.3 Å². The van der Waals surface area contributed by atoms with Crippen molar-refractivity contribution in [1.82, 2.24) is 9.55 Å². The van der Waals surface area contributed by atoms with E-state index in [-0.39, 0.29) is 24.1 Å². The van der Waals surface area contributed by atoms with Crippen LogP contribution in [0.5, 0.6) is 0 Å². The number of hydrogen-bond donors (Lipinski definition) is 2. The lowest BCUT2D eigenvalue weighted by molar-refractivity contribution is -0.116. The van der Waals surface area contributed by atoms with Gasteiger partial charge in [-0.3, -0.25) is 4.79 Å². The predicted octanol–water partition coefficient (Wildman–Crippen LogP) is 5.59. The molecule has 3 rings (SSSR count). The fourth-order valence-electron chi connectivity index (χ4n) is 4.22. The summed E-state index contributed by atoms with van der Waals surface area (Å²) in [5.74, 6) is -0.731. The van der Waals surface area contributed by atoms with E-state index in [9.17, 15) is 9.59 Å². The number of pyridine rings is 1. The van der Waals surface area contributed by atoms with Gasteiger partial charge >= 0.3 is 5.97 Å². The van der Waals surface area contributed by atoms with Crippen molar-refractivity contribution >= 4 is 34.3 Å². The topological polar surface area (TPSA) is 94.5 Å². The molecule has 8 nitrogen and oxygen atoms in total. The van der Waals surface area contributed by atoms with Crippen LogP contribution in [0.15, 0.2) is 54.2 Å². The lowest BCUT2D eigenvalue weighted by Gasteiger charge is -2.14. The van der Waals surface area contributed by atoms with Crippen LogP contribution in [0.3, 0.4) is 0 Å². The highest BCUT2D eigenvalue weighted by molar-refractivity contribution is 6.11. The molecule has 1 aromatic carbocycles. The third-order valence-corrected chi connectivity index (χ3v) is 6.11. The number of amides is 1. The number of esters is 1. The molecular formula is C29H38N4O4. The molecule has 2 N–H and O–H groups in total. The molecule has 2 aromatic heterocycles. The van der Waals surface area contributed by atoms with Gasteiger partial charge in [0.15, 0.2) is 5.69 Å². The highest BCUT2D eigenvalue weighted by Gasteiger charge is 2.26. The van der Waals surface area contributed by atoms with E-state index in [1.807, 2.05) is 36.4 Å². The normalized spacial score (nSPS) is 11.7. The monoisotopic (exact) mass is 506 g/mol. The number of carbonyl (C=O) groups is 2. The molecule has 0 saturated carbocycles. The quantitative estimate of drug-likeness (QED) is 0.232. The van der Waals surface area contributed by atoms with E-state index < -0.39 is 5.97 Å². The van der Waals surface area contributed by atoms with Crippen LogP contribution < -0.4 is 10.6 Å². The number of rotatable bonds is 13. The van der Waals surface area contributed by atoms with Crippen molar-refractivity contribution in [3.8, 4) is 0 Å². The van der Waals surface area contributed by atoms with Gasteiger partial charge in [0.25, 0.3) is 0 Å². The summed E-state index contributed by atoms with van der Waals surface area (Å²) in [6.45, 7) is 7.07. The Labute approximate surface area is 219 Å². The average Bonchev–Trinajstić information content (AvgIpc) is 3.18. The molecule has 37 heavy (non-hydrogen) atoms. The maximum Gasteiger partial charge on any atom is 0.356 e. The fourth-order valence-corrected chi connectivity index (χ4v) is 4.22. The number of ether oxygens (including phenoxy) is 2. The van der Waals surface area contributed by atoms with Crippen molar-refractivity contribution < 1.29 is 19.1 Å². The zero-order valence-electron chi connectivity index (χ0n) is 22.5. The van der Waals surface area contributed by atoms with E-state index in [1.165, 1.54) is 12.7 Å². The molecule has 2 heterocycles. The number of benzene rings is 1. The summed E-state index contributed by atoms with van der Waals surface area (Å²) >= 11 is 0. The van der Waals surface area contributed by atoms with Crippen molar-refractivity contribution in [2.75, 3.05) is 31.5 Å². The minimum Gasteiger partial charge on any atom is -0.464 e. The molecule has 0 bridgehead atoms. The molecule has 1 unspecified atom stereocenters. The number of aromatic nitrogens is 2. The first-order chi connectivity index (χ1) is 17.8. The number of nitrogens with zero attached hydrogens (tertiary/aromatic N) is 2. The second kappa shape index (κ2) is 13.6. The minimum atomic E-state index is -0.544. The number of allylic oxidation sites excluding steroid dienone is 2. The number of fused-ring (bicyclic) bond motifs is 1. The largest absolute Gasteiger partial charge is 0.464 e. The maximum atomic E-state index is 13.0. The van der Waals surface area contributed by atoms with E-state index in [0.717, 1.165) is 24.1 Å². The Morgan fingerprint density at radius 3 is 2.59 bits per heavy atom. The summed E-state index contributed by atoms with van der Waals surface area (Å²) in [5, 5.41) is 7.15. The van der Waals surface area contributed by atoms with E-state index in [0.29, 0.717) is 36.3 Å². The molecule has 0 aliphatic rings. The highest BCUT2D eigenvalue weighted by Crippen LogP contribution is 2.33. The molecule has 0 aliphatic carbocycles. The van der Waals surface area contributed by atoms with E-state index >= 15 is 0 Å². The Morgan fingerprint density at radius 2 is 1.92 bits per heavy atom. The lowest BCUT2D eigenvalue weighted by atomic mass is 10.1. The van der Waals surface area contributed by atoms with Gasteiger partial charge in [-0.25, -0.2) is 9.78 Å². The Bertz CT molecular complexity index is 1230. The maximum absolute atomic E-state index is 13.0. The zero-order chi connectivity index (χ0) is 26.8. The SMILES string of the molecule is COCCn1c(C(=O)OC)c(NC(=O)CCc2ccccc2)c2cc(NC(C)CCC=C(C)C)cnc21.